The molecule has 24 heavy (non-hydrogen) atoms. The molecule has 124 valence electrons. The fourth-order valence-electron chi connectivity index (χ4n) is 2.94. The van der Waals surface area contributed by atoms with Crippen LogP contribution in [0.3, 0.4) is 0 Å². The molecule has 0 saturated carbocycles. The zero-order valence-corrected chi connectivity index (χ0v) is 14.0. The molecule has 0 spiro atoms. The molecule has 3 heterocycles. The summed E-state index contributed by atoms with van der Waals surface area (Å²) in [7, 11) is 0. The van der Waals surface area contributed by atoms with E-state index in [4.69, 9.17) is 20.9 Å². The number of ether oxygens (including phenoxy) is 1. The summed E-state index contributed by atoms with van der Waals surface area (Å²) in [5.41, 5.74) is 1.92. The zero-order valence-electron chi connectivity index (χ0n) is 13.3. The van der Waals surface area contributed by atoms with E-state index in [1.165, 1.54) is 0 Å². The summed E-state index contributed by atoms with van der Waals surface area (Å²) < 4.78 is 10.8. The summed E-state index contributed by atoms with van der Waals surface area (Å²) in [5, 5.41) is 5.60. The number of hydrogen-bond acceptors (Lipinski definition) is 6. The number of benzene rings is 1. The largest absolute Gasteiger partial charge is 0.367 e. The molecule has 1 aliphatic heterocycles. The maximum atomic E-state index is 6.37. The molecule has 1 aromatic carbocycles. The van der Waals surface area contributed by atoms with Crippen LogP contribution in [-0.2, 0) is 11.3 Å². The van der Waals surface area contributed by atoms with Crippen molar-refractivity contribution in [2.75, 3.05) is 19.7 Å². The first-order valence-corrected chi connectivity index (χ1v) is 8.25. The topological polar surface area (TPSA) is 64.3 Å². The van der Waals surface area contributed by atoms with E-state index < -0.39 is 0 Å². The van der Waals surface area contributed by atoms with Gasteiger partial charge in [0, 0.05) is 37.5 Å². The van der Waals surface area contributed by atoms with Crippen molar-refractivity contribution in [3.63, 3.8) is 0 Å². The Kier molecular flexibility index (Phi) is 4.18. The molecule has 7 heteroatoms. The summed E-state index contributed by atoms with van der Waals surface area (Å²) in [6.45, 7) is 4.64. The lowest BCUT2D eigenvalue weighted by Gasteiger charge is -2.31. The molecule has 0 radical (unpaired) electrons. The van der Waals surface area contributed by atoms with Gasteiger partial charge in [0.2, 0.25) is 11.7 Å². The van der Waals surface area contributed by atoms with Crippen LogP contribution in [0.1, 0.15) is 23.4 Å². The quantitative estimate of drug-likeness (QED) is 0.680. The Morgan fingerprint density at radius 1 is 1.29 bits per heavy atom. The molecule has 1 unspecified atom stereocenters. The Morgan fingerprint density at radius 2 is 2.17 bits per heavy atom. The van der Waals surface area contributed by atoms with Gasteiger partial charge >= 0.3 is 0 Å². The van der Waals surface area contributed by atoms with Crippen LogP contribution in [0.5, 0.6) is 0 Å². The molecule has 1 atom stereocenters. The van der Waals surface area contributed by atoms with Crippen molar-refractivity contribution in [3.8, 4) is 0 Å². The molecule has 0 bridgehead atoms. The Bertz CT molecular complexity index is 867. The summed E-state index contributed by atoms with van der Waals surface area (Å²) in [5.74, 6) is 1.15. The fraction of sp³-hybridized carbons (Fsp3) is 0.353. The van der Waals surface area contributed by atoms with Crippen molar-refractivity contribution in [1.29, 1.82) is 0 Å². The third-order valence-electron chi connectivity index (χ3n) is 4.13. The maximum absolute atomic E-state index is 6.37. The highest BCUT2D eigenvalue weighted by molar-refractivity contribution is 6.30. The average Bonchev–Trinajstić information content (AvgIpc) is 3.02. The lowest BCUT2D eigenvalue weighted by molar-refractivity contribution is -0.0380. The van der Waals surface area contributed by atoms with E-state index in [1.807, 2.05) is 24.3 Å². The summed E-state index contributed by atoms with van der Waals surface area (Å²) in [6.07, 6.45) is -0.177. The van der Waals surface area contributed by atoms with E-state index in [9.17, 15) is 0 Å². The van der Waals surface area contributed by atoms with Crippen molar-refractivity contribution >= 4 is 22.5 Å². The van der Waals surface area contributed by atoms with Gasteiger partial charge in [-0.1, -0.05) is 35.0 Å². The lowest BCUT2D eigenvalue weighted by atomic mass is 10.1. The molecule has 4 rings (SSSR count). The van der Waals surface area contributed by atoms with Gasteiger partial charge in [-0.25, -0.2) is 4.98 Å². The van der Waals surface area contributed by atoms with Crippen molar-refractivity contribution in [2.45, 2.75) is 19.6 Å². The first-order valence-electron chi connectivity index (χ1n) is 7.87. The van der Waals surface area contributed by atoms with Crippen LogP contribution >= 0.6 is 11.6 Å². The number of aromatic nitrogens is 3. The Morgan fingerprint density at radius 3 is 3.00 bits per heavy atom. The number of para-hydroxylation sites is 1. The second kappa shape index (κ2) is 6.47. The monoisotopic (exact) mass is 344 g/mol. The van der Waals surface area contributed by atoms with Crippen molar-refractivity contribution in [2.24, 2.45) is 0 Å². The fourth-order valence-corrected chi connectivity index (χ4v) is 3.14. The first-order chi connectivity index (χ1) is 11.7. The molecule has 3 aromatic rings. The molecule has 0 aliphatic carbocycles. The molecular weight excluding hydrogens is 328 g/mol. The number of rotatable bonds is 3. The van der Waals surface area contributed by atoms with Crippen molar-refractivity contribution in [3.05, 3.63) is 52.8 Å². The van der Waals surface area contributed by atoms with E-state index in [0.717, 1.165) is 23.0 Å². The SMILES string of the molecule is Cc1nc(C2CN(Cc3cc4ccccc4nc3Cl)CCO2)no1. The van der Waals surface area contributed by atoms with Crippen LogP contribution in [0.2, 0.25) is 5.15 Å². The number of morpholine rings is 1. The zero-order chi connectivity index (χ0) is 16.5. The van der Waals surface area contributed by atoms with Crippen LogP contribution < -0.4 is 0 Å². The van der Waals surface area contributed by atoms with Crippen molar-refractivity contribution in [1.82, 2.24) is 20.0 Å². The van der Waals surface area contributed by atoms with E-state index in [0.29, 0.717) is 36.6 Å². The van der Waals surface area contributed by atoms with Crippen LogP contribution in [0.15, 0.2) is 34.9 Å². The molecule has 1 fully saturated rings. The minimum atomic E-state index is -0.177. The number of fused-ring (bicyclic) bond motifs is 1. The van der Waals surface area contributed by atoms with Gasteiger partial charge in [0.1, 0.15) is 11.3 Å². The van der Waals surface area contributed by atoms with Crippen LogP contribution in [-0.4, -0.2) is 39.7 Å². The Hall–Kier alpha value is -2.02. The Labute approximate surface area is 144 Å². The number of pyridine rings is 1. The first kappa shape index (κ1) is 15.5. The maximum Gasteiger partial charge on any atom is 0.223 e. The lowest BCUT2D eigenvalue weighted by Crippen LogP contribution is -2.38. The van der Waals surface area contributed by atoms with Gasteiger partial charge in [-0.05, 0) is 12.1 Å². The second-order valence-electron chi connectivity index (χ2n) is 5.90. The molecule has 1 aliphatic rings. The van der Waals surface area contributed by atoms with E-state index in [-0.39, 0.29) is 6.10 Å². The van der Waals surface area contributed by atoms with Gasteiger partial charge in [0.25, 0.3) is 0 Å². The molecule has 1 saturated heterocycles. The minimum absolute atomic E-state index is 0.177. The number of aryl methyl sites for hydroxylation is 1. The van der Waals surface area contributed by atoms with Gasteiger partial charge in [-0.3, -0.25) is 4.90 Å². The normalized spacial score (nSPS) is 19.0. The third-order valence-corrected chi connectivity index (χ3v) is 4.45. The van der Waals surface area contributed by atoms with Gasteiger partial charge in [0.05, 0.1) is 12.1 Å². The van der Waals surface area contributed by atoms with Gasteiger partial charge < -0.3 is 9.26 Å². The van der Waals surface area contributed by atoms with E-state index in [1.54, 1.807) is 6.92 Å². The van der Waals surface area contributed by atoms with Crippen LogP contribution in [0, 0.1) is 6.92 Å². The minimum Gasteiger partial charge on any atom is -0.367 e. The summed E-state index contributed by atoms with van der Waals surface area (Å²) in [4.78, 5) is 11.0. The highest BCUT2D eigenvalue weighted by Gasteiger charge is 2.26. The predicted octanol–water partition coefficient (Wildman–Crippen LogP) is 3.15. The highest BCUT2D eigenvalue weighted by Crippen LogP contribution is 2.25. The third kappa shape index (κ3) is 3.13. The van der Waals surface area contributed by atoms with E-state index in [2.05, 4.69) is 26.1 Å². The van der Waals surface area contributed by atoms with Crippen molar-refractivity contribution < 1.29 is 9.26 Å². The van der Waals surface area contributed by atoms with Crippen LogP contribution in [0.4, 0.5) is 0 Å². The van der Waals surface area contributed by atoms with Gasteiger partial charge in [-0.15, -0.1) is 0 Å². The van der Waals surface area contributed by atoms with Crippen LogP contribution in [0.25, 0.3) is 10.9 Å². The predicted molar refractivity (Wildman–Crippen MR) is 89.8 cm³/mol. The average molecular weight is 345 g/mol. The number of nitrogens with zero attached hydrogens (tertiary/aromatic N) is 4. The molecule has 2 aromatic heterocycles. The standard InChI is InChI=1S/C17H17ClN4O2/c1-11-19-17(21-24-11)15-10-22(6-7-23-15)9-13-8-12-4-2-3-5-14(12)20-16(13)18/h2-5,8,15H,6-7,9-10H2,1H3. The number of hydrogen-bond donors (Lipinski definition) is 0. The molecular formula is C17H17ClN4O2. The second-order valence-corrected chi connectivity index (χ2v) is 6.26. The summed E-state index contributed by atoms with van der Waals surface area (Å²) >= 11 is 6.37. The molecule has 0 amide bonds. The Balaban J connectivity index is 1.53. The molecule has 6 nitrogen and oxygen atoms in total. The molecule has 0 N–H and O–H groups in total. The van der Waals surface area contributed by atoms with Gasteiger partial charge in [-0.2, -0.15) is 4.98 Å². The smallest absolute Gasteiger partial charge is 0.223 e. The highest BCUT2D eigenvalue weighted by atomic mass is 35.5. The van der Waals surface area contributed by atoms with Gasteiger partial charge in [0.15, 0.2) is 0 Å². The summed E-state index contributed by atoms with van der Waals surface area (Å²) in [6, 6.07) is 10.1. The number of halogens is 1. The van der Waals surface area contributed by atoms with E-state index >= 15 is 0 Å².